The number of hydrogen-bond donors (Lipinski definition) is 4. The van der Waals surface area contributed by atoms with E-state index < -0.39 is 34.6 Å². The van der Waals surface area contributed by atoms with Crippen LogP contribution in [0.3, 0.4) is 0 Å². The van der Waals surface area contributed by atoms with Crippen LogP contribution in [0.5, 0.6) is 0 Å². The van der Waals surface area contributed by atoms with Gasteiger partial charge in [-0.15, -0.1) is 0 Å². The fourth-order valence-corrected chi connectivity index (χ4v) is 9.18. The third kappa shape index (κ3) is 3.17. The summed E-state index contributed by atoms with van der Waals surface area (Å²) in [4.78, 5) is 25.7. The number of hydrogen-bond acceptors (Lipinski definition) is 7. The molecule has 4 aliphatic carbocycles. The van der Waals surface area contributed by atoms with E-state index in [1.807, 2.05) is 6.92 Å². The van der Waals surface area contributed by atoms with Gasteiger partial charge < -0.3 is 25.2 Å². The molecule has 0 aromatic heterocycles. The molecule has 11 unspecified atom stereocenters. The first-order valence-electron chi connectivity index (χ1n) is 13.2. The molecular weight excluding hydrogens is 448 g/mol. The Balaban J connectivity index is 1.46. The Kier molecular flexibility index (Phi) is 5.91. The number of rotatable bonds is 3. The van der Waals surface area contributed by atoms with Gasteiger partial charge in [0.25, 0.3) is 0 Å². The zero-order chi connectivity index (χ0) is 25.5. The van der Waals surface area contributed by atoms with Crippen molar-refractivity contribution in [2.75, 3.05) is 6.61 Å². The quantitative estimate of drug-likeness (QED) is 0.450. The Morgan fingerprint density at radius 3 is 2.49 bits per heavy atom. The second kappa shape index (κ2) is 8.23. The maximum absolute atomic E-state index is 13.2. The zero-order valence-electron chi connectivity index (χ0n) is 21.2. The van der Waals surface area contributed by atoms with Crippen LogP contribution in [0.2, 0.25) is 0 Å². The highest BCUT2D eigenvalue weighted by Crippen LogP contribution is 2.68. The molecule has 4 N–H and O–H groups in total. The summed E-state index contributed by atoms with van der Waals surface area (Å²) >= 11 is 0. The van der Waals surface area contributed by atoms with Crippen molar-refractivity contribution in [3.05, 3.63) is 23.3 Å². The minimum absolute atomic E-state index is 0.00984. The van der Waals surface area contributed by atoms with E-state index in [-0.39, 0.29) is 54.5 Å². The van der Waals surface area contributed by atoms with Crippen LogP contribution in [0, 0.1) is 40.4 Å². The lowest BCUT2D eigenvalue weighted by atomic mass is 9.42. The maximum atomic E-state index is 13.2. The molecule has 0 bridgehead atoms. The summed E-state index contributed by atoms with van der Waals surface area (Å²) in [6.07, 6.45) is 4.61. The molecule has 0 aromatic rings. The number of carbonyl (C=O) groups excluding carboxylic acids is 2. The third-order valence-corrected chi connectivity index (χ3v) is 11.4. The Morgan fingerprint density at radius 2 is 1.83 bits per heavy atom. The van der Waals surface area contributed by atoms with Crippen molar-refractivity contribution in [3.63, 3.8) is 0 Å². The monoisotopic (exact) mass is 488 g/mol. The molecule has 0 saturated heterocycles. The molecular formula is C28H40O7. The molecule has 35 heavy (non-hydrogen) atoms. The molecule has 3 saturated carbocycles. The highest BCUT2D eigenvalue weighted by Gasteiger charge is 2.70. The first kappa shape index (κ1) is 25.1. The van der Waals surface area contributed by atoms with Crippen molar-refractivity contribution in [2.45, 2.75) is 90.1 Å². The maximum Gasteiger partial charge on any atom is 0.336 e. The number of aliphatic hydroxyl groups is 4. The lowest BCUT2D eigenvalue weighted by molar-refractivity contribution is -0.245. The van der Waals surface area contributed by atoms with E-state index >= 15 is 0 Å². The van der Waals surface area contributed by atoms with Gasteiger partial charge in [0.05, 0.1) is 29.8 Å². The Morgan fingerprint density at radius 1 is 1.11 bits per heavy atom. The lowest BCUT2D eigenvalue weighted by Gasteiger charge is -2.64. The van der Waals surface area contributed by atoms with Crippen LogP contribution in [0.4, 0.5) is 0 Å². The first-order valence-corrected chi connectivity index (χ1v) is 13.2. The van der Waals surface area contributed by atoms with Gasteiger partial charge in [0.1, 0.15) is 11.7 Å². The fraction of sp³-hybridized carbons (Fsp3) is 0.786. The molecule has 11 atom stereocenters. The van der Waals surface area contributed by atoms with Gasteiger partial charge in [-0.1, -0.05) is 25.5 Å². The van der Waals surface area contributed by atoms with Crippen LogP contribution < -0.4 is 0 Å². The summed E-state index contributed by atoms with van der Waals surface area (Å²) in [5, 5.41) is 43.9. The topological polar surface area (TPSA) is 124 Å². The van der Waals surface area contributed by atoms with Crippen LogP contribution in [-0.2, 0) is 14.3 Å². The Hall–Kier alpha value is -1.54. The van der Waals surface area contributed by atoms with Crippen molar-refractivity contribution in [1.29, 1.82) is 0 Å². The summed E-state index contributed by atoms with van der Waals surface area (Å²) in [5.74, 6) is -0.582. The minimum atomic E-state index is -1.51. The second-order valence-corrected chi connectivity index (χ2v) is 12.5. The number of ketones is 1. The smallest absolute Gasteiger partial charge is 0.336 e. The minimum Gasteiger partial charge on any atom is -0.458 e. The number of aliphatic hydroxyl groups excluding tert-OH is 3. The van der Waals surface area contributed by atoms with Crippen LogP contribution in [0.1, 0.15) is 66.2 Å². The molecule has 7 heteroatoms. The second-order valence-electron chi connectivity index (χ2n) is 12.5. The number of allylic oxidation sites excluding steroid dienone is 1. The van der Waals surface area contributed by atoms with E-state index in [0.29, 0.717) is 24.8 Å². The number of carbonyl (C=O) groups is 2. The van der Waals surface area contributed by atoms with E-state index in [1.165, 1.54) is 6.08 Å². The van der Waals surface area contributed by atoms with E-state index in [4.69, 9.17) is 4.74 Å². The number of esters is 1. The predicted molar refractivity (Wildman–Crippen MR) is 128 cm³/mol. The molecule has 1 aliphatic heterocycles. The van der Waals surface area contributed by atoms with Crippen LogP contribution in [0.25, 0.3) is 0 Å². The first-order chi connectivity index (χ1) is 16.4. The van der Waals surface area contributed by atoms with Crippen molar-refractivity contribution in [3.8, 4) is 0 Å². The van der Waals surface area contributed by atoms with Crippen molar-refractivity contribution in [2.24, 2.45) is 40.4 Å². The van der Waals surface area contributed by atoms with Gasteiger partial charge in [0.2, 0.25) is 0 Å². The molecule has 1 heterocycles. The van der Waals surface area contributed by atoms with Gasteiger partial charge in [-0.25, -0.2) is 4.79 Å². The fourth-order valence-electron chi connectivity index (χ4n) is 9.18. The van der Waals surface area contributed by atoms with Gasteiger partial charge >= 0.3 is 5.97 Å². The van der Waals surface area contributed by atoms with E-state index in [2.05, 4.69) is 13.8 Å². The van der Waals surface area contributed by atoms with Gasteiger partial charge in [-0.3, -0.25) is 4.79 Å². The third-order valence-electron chi connectivity index (χ3n) is 11.4. The molecule has 0 radical (unpaired) electrons. The Bertz CT molecular complexity index is 986. The van der Waals surface area contributed by atoms with Crippen LogP contribution in [0.15, 0.2) is 23.3 Å². The molecule has 0 spiro atoms. The highest BCUT2D eigenvalue weighted by atomic mass is 16.5. The lowest BCUT2D eigenvalue weighted by Crippen LogP contribution is -2.70. The van der Waals surface area contributed by atoms with Gasteiger partial charge in [0, 0.05) is 6.42 Å². The van der Waals surface area contributed by atoms with Crippen molar-refractivity contribution in [1.82, 2.24) is 0 Å². The average molecular weight is 489 g/mol. The van der Waals surface area contributed by atoms with Crippen LogP contribution >= 0.6 is 0 Å². The molecule has 194 valence electrons. The van der Waals surface area contributed by atoms with Gasteiger partial charge in [-0.05, 0) is 87.0 Å². The standard InChI is InChI=1S/C28H40O7/c1-14-10-21(35-25(33)17(14)13-29)15(2)18-7-8-19-16-11-24(32)28(34)9-5-6-22(30)27(28,4)20(16)12-23(31)26(18,19)3/h5-6,15-16,18-21,23-24,29,31-32,34H,7-13H2,1-4H3. The zero-order valence-corrected chi connectivity index (χ0v) is 21.2. The number of fused-ring (bicyclic) bond motifs is 5. The molecule has 3 fully saturated rings. The molecule has 7 nitrogen and oxygen atoms in total. The normalized spacial score (nSPS) is 50.3. The SMILES string of the molecule is CC1=C(CO)C(=O)OC(C(C)C2CCC3C4CC(O)C5(O)CC=CC(=O)C5(C)C4CC(O)C23C)C1. The van der Waals surface area contributed by atoms with E-state index in [0.717, 1.165) is 18.4 Å². The average Bonchev–Trinajstić information content (AvgIpc) is 3.16. The molecule has 5 aliphatic rings. The highest BCUT2D eigenvalue weighted by molar-refractivity contribution is 5.97. The van der Waals surface area contributed by atoms with Crippen molar-refractivity contribution < 1.29 is 34.8 Å². The summed E-state index contributed by atoms with van der Waals surface area (Å²) in [5.41, 5.74) is -1.88. The molecule has 5 rings (SSSR count). The summed E-state index contributed by atoms with van der Waals surface area (Å²) in [7, 11) is 0. The van der Waals surface area contributed by atoms with Crippen LogP contribution in [-0.4, -0.2) is 62.7 Å². The molecule has 0 amide bonds. The Labute approximate surface area is 207 Å². The summed E-state index contributed by atoms with van der Waals surface area (Å²) in [6.45, 7) is 7.57. The van der Waals surface area contributed by atoms with E-state index in [1.54, 1.807) is 13.0 Å². The predicted octanol–water partition coefficient (Wildman–Crippen LogP) is 2.31. The largest absolute Gasteiger partial charge is 0.458 e. The van der Waals surface area contributed by atoms with E-state index in [9.17, 15) is 30.0 Å². The van der Waals surface area contributed by atoms with Gasteiger partial charge in [0.15, 0.2) is 5.78 Å². The van der Waals surface area contributed by atoms with Gasteiger partial charge in [-0.2, -0.15) is 0 Å². The van der Waals surface area contributed by atoms with Crippen molar-refractivity contribution >= 4 is 11.8 Å². The summed E-state index contributed by atoms with van der Waals surface area (Å²) in [6, 6.07) is 0. The molecule has 0 aromatic carbocycles. The summed E-state index contributed by atoms with van der Waals surface area (Å²) < 4.78 is 5.77. The number of ether oxygens (including phenoxy) is 1. The number of cyclic esters (lactones) is 1.